The fraction of sp³-hybridized carbons (Fsp3) is 0.190. The van der Waals surface area contributed by atoms with E-state index in [1.807, 2.05) is 6.92 Å². The van der Waals surface area contributed by atoms with Crippen LogP contribution in [0.2, 0.25) is 0 Å². The smallest absolute Gasteiger partial charge is 0.260 e. The number of aryl methyl sites for hydroxylation is 1. The third-order valence-corrected chi connectivity index (χ3v) is 4.10. The molecule has 29 heavy (non-hydrogen) atoms. The first-order valence-corrected chi connectivity index (χ1v) is 8.78. The predicted octanol–water partition coefficient (Wildman–Crippen LogP) is 1.14. The Balaban J connectivity index is 2.27. The standard InChI is InChI=1S/C21H21N3O5/c1-14-8-10-17(11-9-14)20(28)23(15(2)25)13-19(27)24(12-18(22)26)21(29)16-6-4-3-5-7-16/h3-11H,12-13H2,1-2H3,(H2,22,26). The number of hydrogen-bond donors (Lipinski definition) is 1. The molecule has 2 rings (SSSR count). The molecule has 0 aliphatic rings. The number of rotatable bonds is 6. The van der Waals surface area contributed by atoms with Gasteiger partial charge >= 0.3 is 0 Å². The average molecular weight is 395 g/mol. The second-order valence-electron chi connectivity index (χ2n) is 6.39. The molecule has 0 radical (unpaired) electrons. The second-order valence-corrected chi connectivity index (χ2v) is 6.39. The zero-order valence-electron chi connectivity index (χ0n) is 16.1. The first-order chi connectivity index (χ1) is 13.7. The van der Waals surface area contributed by atoms with Crippen molar-refractivity contribution in [2.45, 2.75) is 13.8 Å². The molecule has 5 amide bonds. The summed E-state index contributed by atoms with van der Waals surface area (Å²) in [5, 5.41) is 0. The molecule has 8 heteroatoms. The average Bonchev–Trinajstić information content (AvgIpc) is 2.70. The van der Waals surface area contributed by atoms with Crippen LogP contribution in [0.15, 0.2) is 54.6 Å². The van der Waals surface area contributed by atoms with Gasteiger partial charge in [-0.25, -0.2) is 0 Å². The number of amides is 5. The van der Waals surface area contributed by atoms with Gasteiger partial charge in [-0.3, -0.25) is 33.8 Å². The molecule has 0 saturated heterocycles. The fourth-order valence-electron chi connectivity index (χ4n) is 2.56. The largest absolute Gasteiger partial charge is 0.368 e. The third-order valence-electron chi connectivity index (χ3n) is 4.10. The monoisotopic (exact) mass is 395 g/mol. The highest BCUT2D eigenvalue weighted by atomic mass is 16.2. The van der Waals surface area contributed by atoms with Gasteiger partial charge in [0.05, 0.1) is 0 Å². The molecular formula is C21H21N3O5. The first kappa shape index (κ1) is 21.5. The molecule has 0 saturated carbocycles. The van der Waals surface area contributed by atoms with Crippen molar-refractivity contribution >= 4 is 29.5 Å². The summed E-state index contributed by atoms with van der Waals surface area (Å²) in [5.74, 6) is -3.90. The van der Waals surface area contributed by atoms with Crippen LogP contribution in [0.3, 0.4) is 0 Å². The minimum Gasteiger partial charge on any atom is -0.368 e. The van der Waals surface area contributed by atoms with Crippen LogP contribution in [0.4, 0.5) is 0 Å². The molecule has 2 N–H and O–H groups in total. The Bertz CT molecular complexity index is 939. The summed E-state index contributed by atoms with van der Waals surface area (Å²) in [6, 6.07) is 14.3. The van der Waals surface area contributed by atoms with Crippen molar-refractivity contribution < 1.29 is 24.0 Å². The predicted molar refractivity (Wildman–Crippen MR) is 105 cm³/mol. The van der Waals surface area contributed by atoms with E-state index in [2.05, 4.69) is 0 Å². The number of hydrogen-bond acceptors (Lipinski definition) is 5. The van der Waals surface area contributed by atoms with Gasteiger partial charge in [-0.1, -0.05) is 35.9 Å². The summed E-state index contributed by atoms with van der Waals surface area (Å²) in [5.41, 5.74) is 6.48. The number of benzene rings is 2. The van der Waals surface area contributed by atoms with Crippen molar-refractivity contribution in [1.29, 1.82) is 0 Å². The molecule has 0 bridgehead atoms. The van der Waals surface area contributed by atoms with Gasteiger partial charge in [0, 0.05) is 18.1 Å². The second kappa shape index (κ2) is 9.41. The zero-order chi connectivity index (χ0) is 21.6. The Morgan fingerprint density at radius 2 is 1.28 bits per heavy atom. The Hall–Kier alpha value is -3.81. The van der Waals surface area contributed by atoms with E-state index < -0.39 is 42.6 Å². The van der Waals surface area contributed by atoms with E-state index >= 15 is 0 Å². The van der Waals surface area contributed by atoms with Gasteiger partial charge < -0.3 is 5.73 Å². The fourth-order valence-corrected chi connectivity index (χ4v) is 2.56. The summed E-state index contributed by atoms with van der Waals surface area (Å²) in [7, 11) is 0. The van der Waals surface area contributed by atoms with Crippen molar-refractivity contribution in [2.75, 3.05) is 13.1 Å². The number of carbonyl (C=O) groups excluding carboxylic acids is 5. The highest BCUT2D eigenvalue weighted by Crippen LogP contribution is 2.10. The van der Waals surface area contributed by atoms with Gasteiger partial charge in [-0.05, 0) is 31.2 Å². The molecule has 0 unspecified atom stereocenters. The van der Waals surface area contributed by atoms with E-state index in [0.717, 1.165) is 17.4 Å². The molecule has 0 atom stereocenters. The maximum Gasteiger partial charge on any atom is 0.260 e. The van der Waals surface area contributed by atoms with E-state index in [-0.39, 0.29) is 11.1 Å². The lowest BCUT2D eigenvalue weighted by molar-refractivity contribution is -0.137. The Morgan fingerprint density at radius 3 is 1.79 bits per heavy atom. The third kappa shape index (κ3) is 5.58. The van der Waals surface area contributed by atoms with Crippen LogP contribution in [0.25, 0.3) is 0 Å². The number of carbonyl (C=O) groups is 5. The van der Waals surface area contributed by atoms with E-state index in [9.17, 15) is 24.0 Å². The Kier molecular flexibility index (Phi) is 6.97. The zero-order valence-corrected chi connectivity index (χ0v) is 16.1. The van der Waals surface area contributed by atoms with Crippen molar-refractivity contribution in [2.24, 2.45) is 5.73 Å². The molecule has 150 valence electrons. The number of imide groups is 2. The lowest BCUT2D eigenvalue weighted by atomic mass is 10.1. The highest BCUT2D eigenvalue weighted by Gasteiger charge is 2.29. The number of nitrogens with zero attached hydrogens (tertiary/aromatic N) is 2. The molecule has 0 heterocycles. The Labute approximate surface area is 167 Å². The van der Waals surface area contributed by atoms with Crippen LogP contribution in [-0.2, 0) is 14.4 Å². The number of nitrogens with two attached hydrogens (primary N) is 1. The van der Waals surface area contributed by atoms with Gasteiger partial charge in [0.15, 0.2) is 0 Å². The van der Waals surface area contributed by atoms with Crippen LogP contribution in [0, 0.1) is 6.92 Å². The van der Waals surface area contributed by atoms with E-state index in [0.29, 0.717) is 4.90 Å². The molecule has 2 aromatic carbocycles. The minimum atomic E-state index is -0.901. The quantitative estimate of drug-likeness (QED) is 0.787. The van der Waals surface area contributed by atoms with Crippen molar-refractivity contribution in [3.63, 3.8) is 0 Å². The molecular weight excluding hydrogens is 374 g/mol. The summed E-state index contributed by atoms with van der Waals surface area (Å²) in [6.45, 7) is 1.61. The van der Waals surface area contributed by atoms with Crippen LogP contribution < -0.4 is 5.73 Å². The maximum absolute atomic E-state index is 12.7. The molecule has 0 fully saturated rings. The molecule has 8 nitrogen and oxygen atoms in total. The SMILES string of the molecule is CC(=O)N(CC(=O)N(CC(N)=O)C(=O)c1ccccc1)C(=O)c1ccc(C)cc1. The van der Waals surface area contributed by atoms with Crippen LogP contribution >= 0.6 is 0 Å². The Morgan fingerprint density at radius 1 is 0.759 bits per heavy atom. The first-order valence-electron chi connectivity index (χ1n) is 8.78. The van der Waals surface area contributed by atoms with Gasteiger partial charge in [-0.15, -0.1) is 0 Å². The molecule has 2 aromatic rings. The van der Waals surface area contributed by atoms with Gasteiger partial charge in [0.2, 0.25) is 17.7 Å². The van der Waals surface area contributed by atoms with E-state index in [4.69, 9.17) is 5.73 Å². The van der Waals surface area contributed by atoms with Crippen molar-refractivity contribution in [3.8, 4) is 0 Å². The lowest BCUT2D eigenvalue weighted by Crippen LogP contribution is -2.49. The molecule has 0 spiro atoms. The van der Waals surface area contributed by atoms with Gasteiger partial charge in [0.1, 0.15) is 13.1 Å². The highest BCUT2D eigenvalue weighted by molar-refractivity contribution is 6.10. The van der Waals surface area contributed by atoms with Crippen molar-refractivity contribution in [1.82, 2.24) is 9.80 Å². The topological polar surface area (TPSA) is 118 Å². The normalized spacial score (nSPS) is 10.1. The molecule has 0 aliphatic heterocycles. The van der Waals surface area contributed by atoms with Gasteiger partial charge in [-0.2, -0.15) is 0 Å². The summed E-state index contributed by atoms with van der Waals surface area (Å²) >= 11 is 0. The molecule has 0 aliphatic carbocycles. The maximum atomic E-state index is 12.7. The molecule has 0 aromatic heterocycles. The van der Waals surface area contributed by atoms with Gasteiger partial charge in [0.25, 0.3) is 11.8 Å². The summed E-state index contributed by atoms with van der Waals surface area (Å²) in [6.07, 6.45) is 0. The van der Waals surface area contributed by atoms with Crippen LogP contribution in [0.5, 0.6) is 0 Å². The summed E-state index contributed by atoms with van der Waals surface area (Å²) in [4.78, 5) is 62.8. The van der Waals surface area contributed by atoms with Crippen LogP contribution in [0.1, 0.15) is 33.2 Å². The van der Waals surface area contributed by atoms with Crippen LogP contribution in [-0.4, -0.2) is 52.4 Å². The summed E-state index contributed by atoms with van der Waals surface area (Å²) < 4.78 is 0. The number of primary amides is 1. The van der Waals surface area contributed by atoms with E-state index in [1.165, 1.54) is 24.3 Å². The lowest BCUT2D eigenvalue weighted by Gasteiger charge is -2.24. The van der Waals surface area contributed by atoms with E-state index in [1.54, 1.807) is 30.3 Å². The minimum absolute atomic E-state index is 0.168. The van der Waals surface area contributed by atoms with Crippen molar-refractivity contribution in [3.05, 3.63) is 71.3 Å².